The van der Waals surface area contributed by atoms with Crippen molar-refractivity contribution in [1.82, 2.24) is 19.7 Å². The third-order valence-electron chi connectivity index (χ3n) is 5.63. The molecule has 3 aromatic heterocycles. The van der Waals surface area contributed by atoms with Gasteiger partial charge in [0.15, 0.2) is 10.3 Å². The number of carbonyl (C=O) groups is 1. The minimum atomic E-state index is 0.0442. The van der Waals surface area contributed by atoms with E-state index in [1.807, 2.05) is 27.7 Å². The van der Waals surface area contributed by atoms with Crippen molar-refractivity contribution in [2.24, 2.45) is 0 Å². The quantitative estimate of drug-likeness (QED) is 0.297. The predicted octanol–water partition coefficient (Wildman–Crippen LogP) is 5.24. The summed E-state index contributed by atoms with van der Waals surface area (Å²) in [5, 5.41) is 12.0. The van der Waals surface area contributed by atoms with E-state index < -0.39 is 0 Å². The van der Waals surface area contributed by atoms with Crippen molar-refractivity contribution < 1.29 is 4.79 Å². The van der Waals surface area contributed by atoms with Gasteiger partial charge < -0.3 is 4.57 Å². The Morgan fingerprint density at radius 3 is 2.82 bits per heavy atom. The van der Waals surface area contributed by atoms with Crippen LogP contribution >= 0.6 is 34.4 Å². The van der Waals surface area contributed by atoms with Crippen LogP contribution in [0, 0.1) is 0 Å². The Morgan fingerprint density at radius 2 is 2.00 bits per heavy atom. The minimum absolute atomic E-state index is 0.0442. The molecule has 0 aliphatic heterocycles. The number of benzene rings is 1. The zero-order valence-electron chi connectivity index (χ0n) is 18.2. The van der Waals surface area contributed by atoms with Crippen LogP contribution in [0.3, 0.4) is 0 Å². The van der Waals surface area contributed by atoms with E-state index in [9.17, 15) is 4.79 Å². The van der Waals surface area contributed by atoms with E-state index in [2.05, 4.69) is 39.8 Å². The number of anilines is 1. The molecule has 170 valence electrons. The number of hydrogen-bond acceptors (Lipinski definition) is 7. The summed E-state index contributed by atoms with van der Waals surface area (Å²) in [5.41, 5.74) is 2.27. The van der Waals surface area contributed by atoms with Gasteiger partial charge in [-0.15, -0.1) is 32.9 Å². The number of fused-ring (bicyclic) bond motifs is 1. The maximum absolute atomic E-state index is 13.4. The van der Waals surface area contributed by atoms with Crippen LogP contribution in [0.2, 0.25) is 0 Å². The molecule has 0 unspecified atom stereocenters. The highest BCUT2D eigenvalue weighted by molar-refractivity contribution is 7.99. The number of aryl methyl sites for hydroxylation is 4. The summed E-state index contributed by atoms with van der Waals surface area (Å²) in [6.45, 7) is 1.33. The van der Waals surface area contributed by atoms with E-state index in [1.54, 1.807) is 29.0 Å². The number of rotatable bonds is 9. The fourth-order valence-electron chi connectivity index (χ4n) is 3.88. The van der Waals surface area contributed by atoms with Crippen molar-refractivity contribution in [1.29, 1.82) is 0 Å². The molecular weight excluding hydrogens is 470 g/mol. The summed E-state index contributed by atoms with van der Waals surface area (Å²) >= 11 is 4.88. The number of nitrogens with zero attached hydrogens (tertiary/aromatic N) is 5. The van der Waals surface area contributed by atoms with E-state index in [-0.39, 0.29) is 5.91 Å². The van der Waals surface area contributed by atoms with Crippen LogP contribution in [0.25, 0.3) is 0 Å². The average molecular weight is 496 g/mol. The molecule has 0 atom stereocenters. The zero-order valence-corrected chi connectivity index (χ0v) is 20.7. The lowest BCUT2D eigenvalue weighted by atomic mass is 10.0. The molecular formula is C24H25N5OS3. The first-order chi connectivity index (χ1) is 16.3. The highest BCUT2D eigenvalue weighted by atomic mass is 32.2. The molecule has 4 aromatic rings. The second-order valence-corrected chi connectivity index (χ2v) is 11.0. The molecule has 0 saturated carbocycles. The van der Waals surface area contributed by atoms with E-state index in [0.29, 0.717) is 12.3 Å². The largest absolute Gasteiger partial charge is 0.308 e. The molecule has 0 spiro atoms. The topological polar surface area (TPSA) is 63.9 Å². The summed E-state index contributed by atoms with van der Waals surface area (Å²) in [5.74, 6) is 0.345. The van der Waals surface area contributed by atoms with Crippen molar-refractivity contribution in [3.63, 3.8) is 0 Å². The van der Waals surface area contributed by atoms with Gasteiger partial charge >= 0.3 is 0 Å². The van der Waals surface area contributed by atoms with Crippen molar-refractivity contribution in [3.05, 3.63) is 75.2 Å². The Morgan fingerprint density at radius 1 is 1.12 bits per heavy atom. The number of amides is 1. The van der Waals surface area contributed by atoms with Crippen LogP contribution in [-0.2, 0) is 37.1 Å². The smallest absolute Gasteiger partial charge is 0.239 e. The second-order valence-electron chi connectivity index (χ2n) is 7.96. The first-order valence-electron chi connectivity index (χ1n) is 11.1. The Bertz CT molecular complexity index is 1160. The van der Waals surface area contributed by atoms with Gasteiger partial charge in [0.1, 0.15) is 6.33 Å². The third-order valence-corrected chi connectivity index (χ3v) is 8.72. The van der Waals surface area contributed by atoms with Gasteiger partial charge in [0.2, 0.25) is 5.91 Å². The molecule has 1 amide bonds. The van der Waals surface area contributed by atoms with E-state index in [0.717, 1.165) is 41.7 Å². The molecule has 9 heteroatoms. The molecule has 1 aliphatic rings. The van der Waals surface area contributed by atoms with Crippen LogP contribution in [0.5, 0.6) is 0 Å². The molecule has 3 heterocycles. The van der Waals surface area contributed by atoms with Crippen LogP contribution in [0.1, 0.15) is 33.9 Å². The monoisotopic (exact) mass is 495 g/mol. The molecule has 0 saturated heterocycles. The zero-order chi connectivity index (χ0) is 22.5. The Hall–Kier alpha value is -2.49. The normalized spacial score (nSPS) is 13.1. The Kier molecular flexibility index (Phi) is 7.18. The predicted molar refractivity (Wildman–Crippen MR) is 135 cm³/mol. The average Bonchev–Trinajstić information content (AvgIpc) is 3.61. The minimum Gasteiger partial charge on any atom is -0.308 e. The number of carbonyl (C=O) groups excluding carboxylic acids is 1. The lowest BCUT2D eigenvalue weighted by Gasteiger charge is -2.20. The van der Waals surface area contributed by atoms with Gasteiger partial charge in [-0.3, -0.25) is 9.69 Å². The van der Waals surface area contributed by atoms with Gasteiger partial charge in [-0.1, -0.05) is 48.2 Å². The van der Waals surface area contributed by atoms with Gasteiger partial charge in [0.25, 0.3) is 0 Å². The molecule has 1 aromatic carbocycles. The molecule has 1 aliphatic carbocycles. The lowest BCUT2D eigenvalue weighted by molar-refractivity contribution is -0.116. The number of hydrogen-bond donors (Lipinski definition) is 0. The molecule has 0 fully saturated rings. The highest BCUT2D eigenvalue weighted by Crippen LogP contribution is 2.33. The van der Waals surface area contributed by atoms with Crippen molar-refractivity contribution >= 4 is 45.5 Å². The molecule has 0 N–H and O–H groups in total. The number of aromatic nitrogens is 4. The van der Waals surface area contributed by atoms with Gasteiger partial charge in [0.05, 0.1) is 18.0 Å². The van der Waals surface area contributed by atoms with Crippen LogP contribution in [-0.4, -0.2) is 31.4 Å². The maximum Gasteiger partial charge on any atom is 0.239 e. The summed E-state index contributed by atoms with van der Waals surface area (Å²) in [7, 11) is 0. The van der Waals surface area contributed by atoms with Gasteiger partial charge in [-0.05, 0) is 49.1 Å². The summed E-state index contributed by atoms with van der Waals surface area (Å²) in [6.07, 6.45) is 7.15. The first kappa shape index (κ1) is 22.3. The van der Waals surface area contributed by atoms with E-state index in [4.69, 9.17) is 4.98 Å². The van der Waals surface area contributed by atoms with Crippen molar-refractivity contribution in [3.8, 4) is 0 Å². The Balaban J connectivity index is 1.29. The molecule has 6 nitrogen and oxygen atoms in total. The molecule has 33 heavy (non-hydrogen) atoms. The van der Waals surface area contributed by atoms with Crippen LogP contribution in [0.15, 0.2) is 59.3 Å². The number of thiazole rings is 1. The van der Waals surface area contributed by atoms with E-state index >= 15 is 0 Å². The van der Waals surface area contributed by atoms with Crippen molar-refractivity contribution in [2.45, 2.75) is 50.4 Å². The number of thioether (sulfide) groups is 1. The molecule has 0 radical (unpaired) electrons. The van der Waals surface area contributed by atoms with Crippen LogP contribution < -0.4 is 4.90 Å². The summed E-state index contributed by atoms with van der Waals surface area (Å²) < 4.78 is 2.03. The van der Waals surface area contributed by atoms with Crippen molar-refractivity contribution in [2.75, 3.05) is 10.7 Å². The van der Waals surface area contributed by atoms with Gasteiger partial charge in [0, 0.05) is 16.3 Å². The molecule has 0 bridgehead atoms. The SMILES string of the molecule is O=C(CSc1nncn1CCc1cccs1)N(Cc1ccccc1)c1nc2c(s1)CCCC2. The fourth-order valence-corrected chi connectivity index (χ4v) is 6.56. The first-order valence-corrected chi connectivity index (χ1v) is 13.8. The second kappa shape index (κ2) is 10.6. The van der Waals surface area contributed by atoms with Gasteiger partial charge in [-0.2, -0.15) is 0 Å². The maximum atomic E-state index is 13.4. The van der Waals surface area contributed by atoms with E-state index in [1.165, 1.54) is 40.1 Å². The highest BCUT2D eigenvalue weighted by Gasteiger charge is 2.24. The lowest BCUT2D eigenvalue weighted by Crippen LogP contribution is -2.32. The van der Waals surface area contributed by atoms with Gasteiger partial charge in [-0.25, -0.2) is 4.98 Å². The van der Waals surface area contributed by atoms with Crippen LogP contribution in [0.4, 0.5) is 5.13 Å². The number of thiophene rings is 1. The third kappa shape index (κ3) is 5.54. The summed E-state index contributed by atoms with van der Waals surface area (Å²) in [6, 6.07) is 14.3. The molecule has 5 rings (SSSR count). The summed E-state index contributed by atoms with van der Waals surface area (Å²) in [4.78, 5) is 22.8. The standard InChI is InChI=1S/C24H25N5OS3/c30-22(16-32-24-27-25-17-28(24)13-12-19-9-6-14-31-19)29(15-18-7-2-1-3-8-18)23-26-20-10-4-5-11-21(20)33-23/h1-3,6-9,14,17H,4-5,10-13,15-16H2. The fraction of sp³-hybridized carbons (Fsp3) is 0.333. The Labute approximate surface area is 205 Å².